The summed E-state index contributed by atoms with van der Waals surface area (Å²) in [5, 5.41) is 20.0. The number of allylic oxidation sites excluding steroid dienone is 2. The first-order chi connectivity index (χ1) is 6.68. The highest BCUT2D eigenvalue weighted by Crippen LogP contribution is 2.53. The zero-order valence-corrected chi connectivity index (χ0v) is 8.30. The van der Waals surface area contributed by atoms with E-state index in [9.17, 15) is 10.2 Å². The molecule has 0 aromatic heterocycles. The van der Waals surface area contributed by atoms with Crippen LogP contribution in [0, 0.1) is 23.7 Å². The van der Waals surface area contributed by atoms with Crippen molar-refractivity contribution in [3.05, 3.63) is 23.8 Å². The van der Waals surface area contributed by atoms with E-state index in [2.05, 4.69) is 12.2 Å². The van der Waals surface area contributed by atoms with Crippen LogP contribution < -0.4 is 0 Å². The molecule has 3 rings (SSSR count). The van der Waals surface area contributed by atoms with Crippen LogP contribution in [0.25, 0.3) is 0 Å². The summed E-state index contributed by atoms with van der Waals surface area (Å²) >= 11 is 0. The van der Waals surface area contributed by atoms with E-state index in [1.807, 2.05) is 13.0 Å². The summed E-state index contributed by atoms with van der Waals surface area (Å²) in [5.74, 6) is 1.53. The van der Waals surface area contributed by atoms with Gasteiger partial charge in [0, 0.05) is 11.8 Å². The molecule has 14 heavy (non-hydrogen) atoms. The Morgan fingerprint density at radius 1 is 1.14 bits per heavy atom. The van der Waals surface area contributed by atoms with Gasteiger partial charge in [0.1, 0.15) is 0 Å². The summed E-state index contributed by atoms with van der Waals surface area (Å²) in [6.07, 6.45) is 6.73. The normalized spacial score (nSPS) is 54.6. The van der Waals surface area contributed by atoms with Crippen LogP contribution in [-0.4, -0.2) is 22.4 Å². The molecule has 2 N–H and O–H groups in total. The summed E-state index contributed by atoms with van der Waals surface area (Å²) in [6, 6.07) is 0. The maximum atomic E-state index is 10.1. The molecule has 2 bridgehead atoms. The minimum absolute atomic E-state index is 0.267. The molecule has 0 saturated heterocycles. The molecule has 1 saturated carbocycles. The molecule has 0 radical (unpaired) electrons. The highest BCUT2D eigenvalue weighted by Gasteiger charge is 2.52. The lowest BCUT2D eigenvalue weighted by Crippen LogP contribution is -2.41. The quantitative estimate of drug-likeness (QED) is 0.564. The molecular weight excluding hydrogens is 176 g/mol. The molecule has 2 unspecified atom stereocenters. The maximum Gasteiger partial charge on any atom is 0.0786 e. The first-order valence-electron chi connectivity index (χ1n) is 5.41. The second-order valence-corrected chi connectivity index (χ2v) is 4.95. The van der Waals surface area contributed by atoms with Gasteiger partial charge >= 0.3 is 0 Å². The van der Waals surface area contributed by atoms with Gasteiger partial charge in [0.05, 0.1) is 12.2 Å². The van der Waals surface area contributed by atoms with Crippen LogP contribution >= 0.6 is 0 Å². The highest BCUT2D eigenvalue weighted by atomic mass is 16.3. The molecule has 1 fully saturated rings. The monoisotopic (exact) mass is 192 g/mol. The van der Waals surface area contributed by atoms with E-state index < -0.39 is 0 Å². The van der Waals surface area contributed by atoms with Crippen molar-refractivity contribution in [3.63, 3.8) is 0 Å². The van der Waals surface area contributed by atoms with E-state index in [1.54, 1.807) is 0 Å². The predicted octanol–water partition coefficient (Wildman–Crippen LogP) is 1.11. The van der Waals surface area contributed by atoms with E-state index in [4.69, 9.17) is 0 Å². The fourth-order valence-electron chi connectivity index (χ4n) is 3.61. The zero-order chi connectivity index (χ0) is 9.87. The van der Waals surface area contributed by atoms with E-state index in [1.165, 1.54) is 0 Å². The Labute approximate surface area is 83.9 Å². The van der Waals surface area contributed by atoms with Gasteiger partial charge in [-0.3, -0.25) is 0 Å². The van der Waals surface area contributed by atoms with Gasteiger partial charge in [0.15, 0.2) is 0 Å². The number of rotatable bonds is 0. The van der Waals surface area contributed by atoms with E-state index in [0.717, 1.165) is 12.0 Å². The summed E-state index contributed by atoms with van der Waals surface area (Å²) in [4.78, 5) is 0. The van der Waals surface area contributed by atoms with Crippen molar-refractivity contribution >= 4 is 0 Å². The summed E-state index contributed by atoms with van der Waals surface area (Å²) < 4.78 is 0. The molecule has 2 nitrogen and oxygen atoms in total. The van der Waals surface area contributed by atoms with Gasteiger partial charge in [-0.1, -0.05) is 18.2 Å². The van der Waals surface area contributed by atoms with Gasteiger partial charge in [-0.2, -0.15) is 0 Å². The summed E-state index contributed by atoms with van der Waals surface area (Å²) in [6.45, 7) is 1.92. The largest absolute Gasteiger partial charge is 0.389 e. The smallest absolute Gasteiger partial charge is 0.0786 e. The van der Waals surface area contributed by atoms with Gasteiger partial charge < -0.3 is 10.2 Å². The van der Waals surface area contributed by atoms with E-state index in [-0.39, 0.29) is 24.0 Å². The van der Waals surface area contributed by atoms with Crippen molar-refractivity contribution < 1.29 is 10.2 Å². The van der Waals surface area contributed by atoms with Gasteiger partial charge in [-0.05, 0) is 30.8 Å². The Balaban J connectivity index is 2.01. The molecule has 3 aliphatic carbocycles. The third-order valence-corrected chi connectivity index (χ3v) is 4.24. The minimum Gasteiger partial charge on any atom is -0.389 e. The second-order valence-electron chi connectivity index (χ2n) is 4.95. The van der Waals surface area contributed by atoms with Crippen LogP contribution in [0.2, 0.25) is 0 Å². The number of hydrogen-bond donors (Lipinski definition) is 2. The van der Waals surface area contributed by atoms with Crippen molar-refractivity contribution in [3.8, 4) is 0 Å². The molecule has 0 heterocycles. The lowest BCUT2D eigenvalue weighted by atomic mass is 9.71. The van der Waals surface area contributed by atoms with Crippen LogP contribution in [0.15, 0.2) is 23.8 Å². The van der Waals surface area contributed by atoms with Crippen molar-refractivity contribution in [1.29, 1.82) is 0 Å². The molecule has 76 valence electrons. The third kappa shape index (κ3) is 0.931. The van der Waals surface area contributed by atoms with Crippen LogP contribution in [-0.2, 0) is 0 Å². The topological polar surface area (TPSA) is 40.5 Å². The summed E-state index contributed by atoms with van der Waals surface area (Å²) in [7, 11) is 0. The van der Waals surface area contributed by atoms with Gasteiger partial charge in [0.2, 0.25) is 0 Å². The SMILES string of the molecule is CC1=C[C@H](O)C2C([C@@H]3C=C[C@H]2C3)[C@@H]1O. The standard InChI is InChI=1S/C12H16O2/c1-6-4-9(13)10-7-2-3-8(5-7)11(10)12(6)14/h2-4,7-14H,5H2,1H3/t7-,8+,9-,10?,11?,12+/m0/s1. The van der Waals surface area contributed by atoms with E-state index in [0.29, 0.717) is 11.8 Å². The Bertz CT molecular complexity index is 318. The fraction of sp³-hybridized carbons (Fsp3) is 0.667. The van der Waals surface area contributed by atoms with Gasteiger partial charge in [0.25, 0.3) is 0 Å². The van der Waals surface area contributed by atoms with Crippen LogP contribution in [0.4, 0.5) is 0 Å². The molecule has 3 aliphatic rings. The molecule has 0 aliphatic heterocycles. The Morgan fingerprint density at radius 3 is 2.50 bits per heavy atom. The molecular formula is C12H16O2. The Kier molecular flexibility index (Phi) is 1.68. The van der Waals surface area contributed by atoms with Gasteiger partial charge in [-0.15, -0.1) is 0 Å². The molecule has 0 amide bonds. The van der Waals surface area contributed by atoms with Crippen LogP contribution in [0.1, 0.15) is 13.3 Å². The first-order valence-corrected chi connectivity index (χ1v) is 5.41. The minimum atomic E-state index is -0.344. The van der Waals surface area contributed by atoms with Crippen molar-refractivity contribution in [2.24, 2.45) is 23.7 Å². The molecule has 0 aromatic carbocycles. The maximum absolute atomic E-state index is 10.1. The van der Waals surface area contributed by atoms with Crippen LogP contribution in [0.3, 0.4) is 0 Å². The van der Waals surface area contributed by atoms with E-state index >= 15 is 0 Å². The number of hydrogen-bond acceptors (Lipinski definition) is 2. The van der Waals surface area contributed by atoms with Crippen molar-refractivity contribution in [2.75, 3.05) is 0 Å². The molecule has 0 spiro atoms. The lowest BCUT2D eigenvalue weighted by molar-refractivity contribution is 0.0205. The highest BCUT2D eigenvalue weighted by molar-refractivity contribution is 5.26. The van der Waals surface area contributed by atoms with Crippen LogP contribution in [0.5, 0.6) is 0 Å². The van der Waals surface area contributed by atoms with Crippen molar-refractivity contribution in [1.82, 2.24) is 0 Å². The average Bonchev–Trinajstić information content (AvgIpc) is 2.73. The first kappa shape index (κ1) is 8.69. The van der Waals surface area contributed by atoms with Crippen molar-refractivity contribution in [2.45, 2.75) is 25.6 Å². The zero-order valence-electron chi connectivity index (χ0n) is 8.30. The predicted molar refractivity (Wildman–Crippen MR) is 53.5 cm³/mol. The van der Waals surface area contributed by atoms with Gasteiger partial charge in [-0.25, -0.2) is 0 Å². The number of aliphatic hydroxyl groups is 2. The lowest BCUT2D eigenvalue weighted by Gasteiger charge is -2.38. The fourth-order valence-corrected chi connectivity index (χ4v) is 3.61. The molecule has 2 heteroatoms. The third-order valence-electron chi connectivity index (χ3n) is 4.24. The average molecular weight is 192 g/mol. The molecule has 6 atom stereocenters. The second kappa shape index (κ2) is 2.71. The molecule has 0 aromatic rings. The Morgan fingerprint density at radius 2 is 1.79 bits per heavy atom. The summed E-state index contributed by atoms with van der Waals surface area (Å²) in [5.41, 5.74) is 0.944. The number of fused-ring (bicyclic) bond motifs is 5. The number of aliphatic hydroxyl groups excluding tert-OH is 2. The Hall–Kier alpha value is -0.600.